The normalized spacial score (nSPS) is 9.50. The van der Waals surface area contributed by atoms with E-state index in [1.165, 1.54) is 0 Å². The second kappa shape index (κ2) is 5.65. The number of benzene rings is 2. The van der Waals surface area contributed by atoms with Gasteiger partial charge in [0.05, 0.1) is 5.56 Å². The van der Waals surface area contributed by atoms with Gasteiger partial charge in [0, 0.05) is 5.56 Å². The predicted molar refractivity (Wildman–Crippen MR) is 68.1 cm³/mol. The first-order valence-corrected chi connectivity index (χ1v) is 5.49. The highest BCUT2D eigenvalue weighted by molar-refractivity contribution is 5.90. The Kier molecular flexibility index (Phi) is 3.72. The van der Waals surface area contributed by atoms with E-state index in [-0.39, 0.29) is 5.97 Å². The maximum Gasteiger partial charge on any atom is 0.343 e. The van der Waals surface area contributed by atoms with Gasteiger partial charge in [-0.05, 0) is 36.4 Å². The van der Waals surface area contributed by atoms with Crippen LogP contribution in [-0.4, -0.2) is 5.97 Å². The summed E-state index contributed by atoms with van der Waals surface area (Å²) in [5.41, 5.74) is 1.42. The second-order valence-electron chi connectivity index (χ2n) is 3.72. The Labute approximate surface area is 105 Å². The molecule has 0 fully saturated rings. The minimum atomic E-state index is -0.381. The summed E-state index contributed by atoms with van der Waals surface area (Å²) in [4.78, 5) is 15.0. The van der Waals surface area contributed by atoms with E-state index < -0.39 is 0 Å². The lowest BCUT2D eigenvalue weighted by molar-refractivity contribution is 0.0735. The van der Waals surface area contributed by atoms with Crippen LogP contribution >= 0.6 is 0 Å². The van der Waals surface area contributed by atoms with Crippen molar-refractivity contribution < 1.29 is 9.53 Å². The van der Waals surface area contributed by atoms with Crippen LogP contribution in [0.1, 0.15) is 15.9 Å². The smallest absolute Gasteiger partial charge is 0.343 e. The van der Waals surface area contributed by atoms with Crippen LogP contribution in [0.25, 0.3) is 4.85 Å². The molecule has 0 unspecified atom stereocenters. The lowest BCUT2D eigenvalue weighted by Crippen LogP contribution is -2.07. The largest absolute Gasteiger partial charge is 0.423 e. The van der Waals surface area contributed by atoms with Crippen molar-refractivity contribution in [1.29, 1.82) is 0 Å². The molecule has 0 heterocycles. The molecule has 0 aliphatic carbocycles. The highest BCUT2D eigenvalue weighted by atomic mass is 16.5. The molecule has 0 aliphatic rings. The van der Waals surface area contributed by atoms with E-state index in [0.717, 1.165) is 5.56 Å². The quantitative estimate of drug-likeness (QED) is 0.465. The highest BCUT2D eigenvalue weighted by Crippen LogP contribution is 2.14. The van der Waals surface area contributed by atoms with E-state index >= 15 is 0 Å². The summed E-state index contributed by atoms with van der Waals surface area (Å²) in [7, 11) is 0. The summed E-state index contributed by atoms with van der Waals surface area (Å²) < 4.78 is 5.22. The van der Waals surface area contributed by atoms with E-state index in [4.69, 9.17) is 11.3 Å². The minimum Gasteiger partial charge on any atom is -0.423 e. The van der Waals surface area contributed by atoms with Crippen LogP contribution in [0, 0.1) is 6.57 Å². The Bertz CT molecular complexity index is 568. The molecule has 2 aromatic rings. The van der Waals surface area contributed by atoms with Crippen molar-refractivity contribution in [3.8, 4) is 5.75 Å². The molecule has 0 N–H and O–H groups in total. The molecular weight excluding hydrogens is 226 g/mol. The van der Waals surface area contributed by atoms with Gasteiger partial charge in [-0.1, -0.05) is 18.2 Å². The topological polar surface area (TPSA) is 30.7 Å². The Morgan fingerprint density at radius 3 is 2.33 bits per heavy atom. The number of hydrogen-bond donors (Lipinski definition) is 0. The van der Waals surface area contributed by atoms with Crippen molar-refractivity contribution in [3.05, 3.63) is 77.1 Å². The Morgan fingerprint density at radius 1 is 1.06 bits per heavy atom. The molecule has 18 heavy (non-hydrogen) atoms. The molecule has 2 rings (SSSR count). The van der Waals surface area contributed by atoms with Gasteiger partial charge in [-0.25, -0.2) is 11.4 Å². The standard InChI is InChI=1S/C15H11NO2/c1-16-11-12-7-9-14(10-8-12)18-15(17)13-5-3-2-4-6-13/h2-10H,11H2. The van der Waals surface area contributed by atoms with Crippen molar-refractivity contribution in [3.63, 3.8) is 0 Å². The average Bonchev–Trinajstić information content (AvgIpc) is 2.42. The Morgan fingerprint density at radius 2 is 1.72 bits per heavy atom. The first-order valence-electron chi connectivity index (χ1n) is 5.49. The molecule has 0 bridgehead atoms. The van der Waals surface area contributed by atoms with Crippen LogP contribution < -0.4 is 4.74 Å². The monoisotopic (exact) mass is 237 g/mol. The van der Waals surface area contributed by atoms with Gasteiger partial charge in [0.25, 0.3) is 0 Å². The van der Waals surface area contributed by atoms with Crippen LogP contribution in [0.5, 0.6) is 5.75 Å². The zero-order valence-corrected chi connectivity index (χ0v) is 9.67. The molecule has 2 aromatic carbocycles. The predicted octanol–water partition coefficient (Wildman–Crippen LogP) is 3.33. The molecule has 3 heteroatoms. The first kappa shape index (κ1) is 11.9. The van der Waals surface area contributed by atoms with Crippen LogP contribution in [0.15, 0.2) is 54.6 Å². The Hall–Kier alpha value is -2.60. The van der Waals surface area contributed by atoms with Crippen molar-refractivity contribution >= 4 is 5.97 Å². The summed E-state index contributed by atoms with van der Waals surface area (Å²) in [5.74, 6) is 0.103. The third-order valence-corrected chi connectivity index (χ3v) is 2.41. The molecule has 0 aromatic heterocycles. The highest BCUT2D eigenvalue weighted by Gasteiger charge is 2.07. The van der Waals surface area contributed by atoms with E-state index in [0.29, 0.717) is 17.9 Å². The van der Waals surface area contributed by atoms with Gasteiger partial charge in [0.1, 0.15) is 5.75 Å². The molecule has 0 saturated carbocycles. The van der Waals surface area contributed by atoms with Crippen molar-refractivity contribution in [2.75, 3.05) is 0 Å². The molecule has 0 atom stereocenters. The number of carbonyl (C=O) groups is 1. The van der Waals surface area contributed by atoms with E-state index in [1.54, 1.807) is 48.5 Å². The number of ether oxygens (including phenoxy) is 1. The van der Waals surface area contributed by atoms with Crippen LogP contribution in [0.4, 0.5) is 0 Å². The van der Waals surface area contributed by atoms with Gasteiger partial charge in [-0.3, -0.25) is 0 Å². The second-order valence-corrected chi connectivity index (χ2v) is 3.72. The fourth-order valence-corrected chi connectivity index (χ4v) is 1.49. The van der Waals surface area contributed by atoms with Gasteiger partial charge in [-0.2, -0.15) is 0 Å². The lowest BCUT2D eigenvalue weighted by atomic mass is 10.2. The van der Waals surface area contributed by atoms with Crippen molar-refractivity contribution in [1.82, 2.24) is 0 Å². The van der Waals surface area contributed by atoms with E-state index in [1.807, 2.05) is 6.07 Å². The summed E-state index contributed by atoms with van der Waals surface area (Å²) in [6.45, 7) is 7.10. The van der Waals surface area contributed by atoms with E-state index in [9.17, 15) is 4.79 Å². The minimum absolute atomic E-state index is 0.340. The zero-order chi connectivity index (χ0) is 12.8. The fourth-order valence-electron chi connectivity index (χ4n) is 1.49. The van der Waals surface area contributed by atoms with Gasteiger partial charge in [-0.15, -0.1) is 0 Å². The summed E-state index contributed by atoms with van der Waals surface area (Å²) >= 11 is 0. The van der Waals surface area contributed by atoms with Crippen LogP contribution in [0.3, 0.4) is 0 Å². The number of nitrogens with zero attached hydrogens (tertiary/aromatic N) is 1. The molecule has 0 radical (unpaired) electrons. The molecule has 0 aliphatic heterocycles. The molecular formula is C15H11NO2. The maximum absolute atomic E-state index is 11.8. The first-order chi connectivity index (χ1) is 8.79. The third-order valence-electron chi connectivity index (χ3n) is 2.41. The third kappa shape index (κ3) is 2.96. The number of hydrogen-bond acceptors (Lipinski definition) is 2. The van der Waals surface area contributed by atoms with Crippen LogP contribution in [0.2, 0.25) is 0 Å². The van der Waals surface area contributed by atoms with Gasteiger partial charge < -0.3 is 9.58 Å². The van der Waals surface area contributed by atoms with Crippen molar-refractivity contribution in [2.24, 2.45) is 0 Å². The maximum atomic E-state index is 11.8. The molecule has 0 spiro atoms. The average molecular weight is 237 g/mol. The number of carbonyl (C=O) groups excluding carboxylic acids is 1. The SMILES string of the molecule is [C-]#[N+]Cc1ccc(OC(=O)c2ccccc2)cc1. The Balaban J connectivity index is 2.06. The molecule has 88 valence electrons. The number of esters is 1. The van der Waals surface area contributed by atoms with Gasteiger partial charge >= 0.3 is 5.97 Å². The van der Waals surface area contributed by atoms with Gasteiger partial charge in [0.2, 0.25) is 6.54 Å². The molecule has 0 saturated heterocycles. The zero-order valence-electron chi connectivity index (χ0n) is 9.67. The summed E-state index contributed by atoms with van der Waals surface area (Å²) in [6.07, 6.45) is 0. The van der Waals surface area contributed by atoms with E-state index in [2.05, 4.69) is 4.85 Å². The molecule has 3 nitrogen and oxygen atoms in total. The van der Waals surface area contributed by atoms with Crippen molar-refractivity contribution in [2.45, 2.75) is 6.54 Å². The number of rotatable bonds is 3. The van der Waals surface area contributed by atoms with Gasteiger partial charge in [0.15, 0.2) is 0 Å². The molecule has 0 amide bonds. The lowest BCUT2D eigenvalue weighted by Gasteiger charge is -2.04. The summed E-state index contributed by atoms with van der Waals surface area (Å²) in [5, 5.41) is 0. The van der Waals surface area contributed by atoms with Crippen LogP contribution in [-0.2, 0) is 6.54 Å². The fraction of sp³-hybridized carbons (Fsp3) is 0.0667. The summed E-state index contributed by atoms with van der Waals surface area (Å²) in [6, 6.07) is 15.8.